The summed E-state index contributed by atoms with van der Waals surface area (Å²) in [6.45, 7) is 1.74. The molecule has 6 heteroatoms. The maximum atomic E-state index is 14.0. The van der Waals surface area contributed by atoms with Crippen molar-refractivity contribution < 1.29 is 18.0 Å². The molecule has 2 aromatic rings. The highest BCUT2D eigenvalue weighted by molar-refractivity contribution is 5.83. The van der Waals surface area contributed by atoms with Crippen molar-refractivity contribution in [2.75, 3.05) is 19.6 Å². The van der Waals surface area contributed by atoms with E-state index in [-0.39, 0.29) is 29.6 Å². The minimum atomic E-state index is -0.622. The second-order valence-electron chi connectivity index (χ2n) is 6.92. The van der Waals surface area contributed by atoms with Crippen molar-refractivity contribution in [1.82, 2.24) is 10.2 Å². The number of rotatable bonds is 3. The third-order valence-corrected chi connectivity index (χ3v) is 5.23. The van der Waals surface area contributed by atoms with Crippen LogP contribution in [0.2, 0.25) is 0 Å². The van der Waals surface area contributed by atoms with Crippen molar-refractivity contribution in [3.05, 3.63) is 71.0 Å². The fraction of sp³-hybridized carbons (Fsp3) is 0.350. The minimum absolute atomic E-state index is 0.0468. The normalized spacial score (nSPS) is 25.2. The summed E-state index contributed by atoms with van der Waals surface area (Å²) in [4.78, 5) is 14.8. The Morgan fingerprint density at radius 2 is 1.88 bits per heavy atom. The van der Waals surface area contributed by atoms with Crippen LogP contribution in [0.3, 0.4) is 0 Å². The van der Waals surface area contributed by atoms with Crippen molar-refractivity contribution in [2.45, 2.75) is 18.4 Å². The van der Waals surface area contributed by atoms with Crippen LogP contribution in [-0.4, -0.2) is 30.4 Å². The van der Waals surface area contributed by atoms with Crippen LogP contribution in [0, 0.1) is 23.4 Å². The summed E-state index contributed by atoms with van der Waals surface area (Å²) in [6, 6.07) is 9.52. The van der Waals surface area contributed by atoms with Crippen molar-refractivity contribution in [2.24, 2.45) is 5.92 Å². The number of hydrogen-bond donors (Lipinski definition) is 1. The monoisotopic (exact) mass is 360 g/mol. The van der Waals surface area contributed by atoms with Crippen molar-refractivity contribution in [3.63, 3.8) is 0 Å². The van der Waals surface area contributed by atoms with Crippen molar-refractivity contribution in [1.29, 1.82) is 0 Å². The Labute approximate surface area is 149 Å². The number of piperazine rings is 1. The fourth-order valence-electron chi connectivity index (χ4n) is 3.81. The first-order valence-electron chi connectivity index (χ1n) is 8.76. The molecule has 0 radical (unpaired) electrons. The molecule has 1 heterocycles. The zero-order valence-corrected chi connectivity index (χ0v) is 14.1. The van der Waals surface area contributed by atoms with E-state index in [9.17, 15) is 18.0 Å². The molecule has 136 valence electrons. The Kier molecular flexibility index (Phi) is 4.44. The van der Waals surface area contributed by atoms with E-state index in [1.54, 1.807) is 11.0 Å². The molecule has 1 aliphatic carbocycles. The highest BCUT2D eigenvalue weighted by atomic mass is 19.1. The van der Waals surface area contributed by atoms with Gasteiger partial charge in [-0.2, -0.15) is 0 Å². The Hall–Kier alpha value is -2.34. The SMILES string of the molecule is O=C(C1CC1c1ccc(F)cc1F)N1CCNCC1c1cccc(F)c1. The molecule has 2 aliphatic rings. The highest BCUT2D eigenvalue weighted by Gasteiger charge is 2.48. The van der Waals surface area contributed by atoms with Crippen LogP contribution in [0.5, 0.6) is 0 Å². The van der Waals surface area contributed by atoms with Crippen molar-refractivity contribution >= 4 is 5.91 Å². The zero-order valence-electron chi connectivity index (χ0n) is 14.1. The van der Waals surface area contributed by atoms with Crippen LogP contribution >= 0.6 is 0 Å². The van der Waals surface area contributed by atoms with Crippen LogP contribution in [0.1, 0.15) is 29.5 Å². The summed E-state index contributed by atoms with van der Waals surface area (Å²) in [6.07, 6.45) is 0.557. The molecule has 2 aromatic carbocycles. The number of hydrogen-bond acceptors (Lipinski definition) is 2. The Morgan fingerprint density at radius 1 is 1.08 bits per heavy atom. The van der Waals surface area contributed by atoms with Gasteiger partial charge in [-0.15, -0.1) is 0 Å². The van der Waals surface area contributed by atoms with E-state index < -0.39 is 11.6 Å². The van der Waals surface area contributed by atoms with Crippen LogP contribution in [0.25, 0.3) is 0 Å². The lowest BCUT2D eigenvalue weighted by Gasteiger charge is -2.37. The van der Waals surface area contributed by atoms with Gasteiger partial charge in [0.15, 0.2) is 0 Å². The third kappa shape index (κ3) is 3.21. The van der Waals surface area contributed by atoms with Gasteiger partial charge in [-0.05, 0) is 41.7 Å². The largest absolute Gasteiger partial charge is 0.333 e. The Morgan fingerprint density at radius 3 is 2.65 bits per heavy atom. The molecular formula is C20H19F3N2O. The molecule has 1 saturated carbocycles. The topological polar surface area (TPSA) is 32.3 Å². The van der Waals surface area contributed by atoms with Gasteiger partial charge in [-0.25, -0.2) is 13.2 Å². The first kappa shape index (κ1) is 17.1. The number of benzene rings is 2. The molecule has 3 nitrogen and oxygen atoms in total. The molecule has 2 fully saturated rings. The smallest absolute Gasteiger partial charge is 0.226 e. The molecule has 4 rings (SSSR count). The van der Waals surface area contributed by atoms with Gasteiger partial charge in [0.2, 0.25) is 5.91 Å². The molecule has 1 N–H and O–H groups in total. The van der Waals surface area contributed by atoms with E-state index in [2.05, 4.69) is 5.32 Å². The van der Waals surface area contributed by atoms with Crippen molar-refractivity contribution in [3.8, 4) is 0 Å². The Bertz CT molecular complexity index is 842. The van der Waals surface area contributed by atoms with Gasteiger partial charge in [0.1, 0.15) is 17.5 Å². The number of carbonyl (C=O) groups excluding carboxylic acids is 1. The van der Waals surface area contributed by atoms with Gasteiger partial charge in [0.05, 0.1) is 6.04 Å². The lowest BCUT2D eigenvalue weighted by molar-refractivity contribution is -0.136. The lowest BCUT2D eigenvalue weighted by atomic mass is 10.0. The maximum absolute atomic E-state index is 14.0. The van der Waals surface area contributed by atoms with Crippen LogP contribution in [0.15, 0.2) is 42.5 Å². The van der Waals surface area contributed by atoms with E-state index in [0.717, 1.165) is 11.6 Å². The first-order chi connectivity index (χ1) is 12.5. The molecule has 0 aromatic heterocycles. The Balaban J connectivity index is 1.53. The van der Waals surface area contributed by atoms with Crippen LogP contribution in [-0.2, 0) is 4.79 Å². The summed E-state index contributed by atoms with van der Waals surface area (Å²) in [5.74, 6) is -2.13. The highest BCUT2D eigenvalue weighted by Crippen LogP contribution is 2.50. The molecule has 3 unspecified atom stereocenters. The summed E-state index contributed by atoms with van der Waals surface area (Å²) in [5, 5.41) is 3.24. The molecule has 1 saturated heterocycles. The molecule has 26 heavy (non-hydrogen) atoms. The zero-order chi connectivity index (χ0) is 18.3. The quantitative estimate of drug-likeness (QED) is 0.910. The number of halogens is 3. The second kappa shape index (κ2) is 6.76. The molecule has 0 spiro atoms. The van der Waals surface area contributed by atoms with E-state index >= 15 is 0 Å². The van der Waals surface area contributed by atoms with E-state index in [0.29, 0.717) is 31.6 Å². The average molecular weight is 360 g/mol. The fourth-order valence-corrected chi connectivity index (χ4v) is 3.81. The van der Waals surface area contributed by atoms with Gasteiger partial charge in [-0.3, -0.25) is 4.79 Å². The standard InChI is InChI=1S/C20H19F3N2O/c21-13-3-1-2-12(8-13)19-11-24-6-7-25(19)20(26)17-10-16(17)15-5-4-14(22)9-18(15)23/h1-5,8-9,16-17,19,24H,6-7,10-11H2. The third-order valence-electron chi connectivity index (χ3n) is 5.23. The summed E-state index contributed by atoms with van der Waals surface area (Å²) < 4.78 is 40.7. The molecule has 1 aliphatic heterocycles. The maximum Gasteiger partial charge on any atom is 0.226 e. The van der Waals surface area contributed by atoms with Gasteiger partial charge >= 0.3 is 0 Å². The van der Waals surface area contributed by atoms with Crippen LogP contribution < -0.4 is 5.32 Å². The summed E-state index contributed by atoms with van der Waals surface area (Å²) in [5.41, 5.74) is 1.14. The number of nitrogens with one attached hydrogen (secondary N) is 1. The average Bonchev–Trinajstić information content (AvgIpc) is 3.41. The molecular weight excluding hydrogens is 341 g/mol. The summed E-state index contributed by atoms with van der Waals surface area (Å²) in [7, 11) is 0. The lowest BCUT2D eigenvalue weighted by Crippen LogP contribution is -2.49. The van der Waals surface area contributed by atoms with Gasteiger partial charge in [0.25, 0.3) is 0 Å². The molecule has 3 atom stereocenters. The second-order valence-corrected chi connectivity index (χ2v) is 6.92. The molecule has 0 bridgehead atoms. The van der Waals surface area contributed by atoms with E-state index in [1.165, 1.54) is 24.3 Å². The van der Waals surface area contributed by atoms with E-state index in [4.69, 9.17) is 0 Å². The number of nitrogens with zero attached hydrogens (tertiary/aromatic N) is 1. The first-order valence-corrected chi connectivity index (χ1v) is 8.76. The van der Waals surface area contributed by atoms with Gasteiger partial charge < -0.3 is 10.2 Å². The summed E-state index contributed by atoms with van der Waals surface area (Å²) >= 11 is 0. The van der Waals surface area contributed by atoms with Crippen LogP contribution in [0.4, 0.5) is 13.2 Å². The van der Waals surface area contributed by atoms with Gasteiger partial charge in [0, 0.05) is 31.6 Å². The number of carbonyl (C=O) groups is 1. The van der Waals surface area contributed by atoms with Gasteiger partial charge in [-0.1, -0.05) is 18.2 Å². The number of amides is 1. The minimum Gasteiger partial charge on any atom is -0.333 e. The predicted octanol–water partition coefficient (Wildman–Crippen LogP) is 3.38. The predicted molar refractivity (Wildman–Crippen MR) is 90.9 cm³/mol. The van der Waals surface area contributed by atoms with E-state index in [1.807, 2.05) is 6.07 Å². The molecule has 1 amide bonds.